The second-order valence-electron chi connectivity index (χ2n) is 5.73. The van der Waals surface area contributed by atoms with Gasteiger partial charge in [-0.05, 0) is 24.3 Å². The summed E-state index contributed by atoms with van der Waals surface area (Å²) >= 11 is 3.21. The molecule has 126 valence electrons. The summed E-state index contributed by atoms with van der Waals surface area (Å²) in [6, 6.07) is 9.78. The lowest BCUT2D eigenvalue weighted by atomic mass is 9.92. The van der Waals surface area contributed by atoms with Gasteiger partial charge >= 0.3 is 5.97 Å². The summed E-state index contributed by atoms with van der Waals surface area (Å²) in [4.78, 5) is 28.4. The molecule has 7 heteroatoms. The number of thioether (sulfide) groups is 1. The van der Waals surface area contributed by atoms with Gasteiger partial charge in [0.1, 0.15) is 10.5 Å². The largest absolute Gasteiger partial charge is 0.480 e. The number of benzene rings is 1. The van der Waals surface area contributed by atoms with Gasteiger partial charge in [0.05, 0.1) is 12.1 Å². The van der Waals surface area contributed by atoms with Crippen LogP contribution in [0.5, 0.6) is 0 Å². The SMILES string of the molecule is O=C(Cc1csc(-c2ccccc2)n1)NC1(C(=O)O)CCSCC1. The zero-order chi connectivity index (χ0) is 17.0. The molecule has 1 aliphatic heterocycles. The Bertz CT molecular complexity index is 724. The van der Waals surface area contributed by atoms with Crippen LogP contribution >= 0.6 is 23.1 Å². The van der Waals surface area contributed by atoms with Crippen molar-refractivity contribution in [1.82, 2.24) is 10.3 Å². The Morgan fingerprint density at radius 3 is 2.58 bits per heavy atom. The normalized spacial score (nSPS) is 16.5. The molecule has 1 fully saturated rings. The molecule has 1 aliphatic rings. The number of aliphatic carboxylic acids is 1. The number of nitrogens with one attached hydrogen (secondary N) is 1. The lowest BCUT2D eigenvalue weighted by Crippen LogP contribution is -2.56. The first-order valence-corrected chi connectivity index (χ1v) is 9.74. The molecule has 1 aromatic heterocycles. The van der Waals surface area contributed by atoms with Crippen LogP contribution in [0.15, 0.2) is 35.7 Å². The monoisotopic (exact) mass is 362 g/mol. The zero-order valence-corrected chi connectivity index (χ0v) is 14.7. The van der Waals surface area contributed by atoms with Crippen molar-refractivity contribution in [2.24, 2.45) is 0 Å². The fraction of sp³-hybridized carbons (Fsp3) is 0.353. The van der Waals surface area contributed by atoms with Crippen LogP contribution in [0.1, 0.15) is 18.5 Å². The zero-order valence-electron chi connectivity index (χ0n) is 13.0. The van der Waals surface area contributed by atoms with Crippen molar-refractivity contribution in [2.75, 3.05) is 11.5 Å². The molecule has 2 aromatic rings. The van der Waals surface area contributed by atoms with E-state index in [1.165, 1.54) is 11.3 Å². The van der Waals surface area contributed by atoms with E-state index in [0.29, 0.717) is 18.5 Å². The Labute approximate surface area is 148 Å². The van der Waals surface area contributed by atoms with Gasteiger partial charge in [0.2, 0.25) is 5.91 Å². The van der Waals surface area contributed by atoms with Gasteiger partial charge in [0.15, 0.2) is 0 Å². The van der Waals surface area contributed by atoms with Crippen molar-refractivity contribution < 1.29 is 14.7 Å². The van der Waals surface area contributed by atoms with E-state index < -0.39 is 11.5 Å². The summed E-state index contributed by atoms with van der Waals surface area (Å²) in [6.07, 6.45) is 1.03. The highest BCUT2D eigenvalue weighted by atomic mass is 32.2. The molecule has 0 radical (unpaired) electrons. The fourth-order valence-electron chi connectivity index (χ4n) is 2.69. The van der Waals surface area contributed by atoms with Crippen molar-refractivity contribution >= 4 is 35.0 Å². The molecule has 3 rings (SSSR count). The summed E-state index contributed by atoms with van der Waals surface area (Å²) in [5.74, 6) is 0.275. The highest BCUT2D eigenvalue weighted by Gasteiger charge is 2.41. The third kappa shape index (κ3) is 3.79. The van der Waals surface area contributed by atoms with Crippen LogP contribution in [0, 0.1) is 0 Å². The summed E-state index contributed by atoms with van der Waals surface area (Å²) < 4.78 is 0. The molecule has 1 aromatic carbocycles. The average Bonchev–Trinajstić information content (AvgIpc) is 3.04. The van der Waals surface area contributed by atoms with Gasteiger partial charge in [-0.3, -0.25) is 4.79 Å². The van der Waals surface area contributed by atoms with Crippen molar-refractivity contribution in [2.45, 2.75) is 24.8 Å². The van der Waals surface area contributed by atoms with Crippen LogP contribution in [0.25, 0.3) is 10.6 Å². The maximum atomic E-state index is 12.3. The molecule has 24 heavy (non-hydrogen) atoms. The van der Waals surface area contributed by atoms with Crippen LogP contribution in [-0.2, 0) is 16.0 Å². The van der Waals surface area contributed by atoms with E-state index in [9.17, 15) is 14.7 Å². The van der Waals surface area contributed by atoms with E-state index in [2.05, 4.69) is 10.3 Å². The highest BCUT2D eigenvalue weighted by molar-refractivity contribution is 7.99. The molecule has 0 atom stereocenters. The quantitative estimate of drug-likeness (QED) is 0.855. The van der Waals surface area contributed by atoms with E-state index in [4.69, 9.17) is 0 Å². The minimum Gasteiger partial charge on any atom is -0.480 e. The molecule has 0 spiro atoms. The van der Waals surface area contributed by atoms with Gasteiger partial charge < -0.3 is 10.4 Å². The van der Waals surface area contributed by atoms with Gasteiger partial charge in [-0.25, -0.2) is 9.78 Å². The fourth-order valence-corrected chi connectivity index (χ4v) is 4.70. The van der Waals surface area contributed by atoms with Crippen molar-refractivity contribution in [3.63, 3.8) is 0 Å². The van der Waals surface area contributed by atoms with Gasteiger partial charge in [0, 0.05) is 10.9 Å². The summed E-state index contributed by atoms with van der Waals surface area (Å²) in [5, 5.41) is 15.0. The lowest BCUT2D eigenvalue weighted by Gasteiger charge is -2.33. The van der Waals surface area contributed by atoms with Gasteiger partial charge in [0.25, 0.3) is 0 Å². The average molecular weight is 362 g/mol. The molecule has 1 amide bonds. The third-order valence-corrected chi connectivity index (χ3v) is 5.97. The number of amides is 1. The number of hydrogen-bond donors (Lipinski definition) is 2. The minimum absolute atomic E-state index is 0.103. The van der Waals surface area contributed by atoms with Crippen LogP contribution in [0.4, 0.5) is 0 Å². The summed E-state index contributed by atoms with van der Waals surface area (Å²) in [5.41, 5.74) is 0.559. The van der Waals surface area contributed by atoms with Gasteiger partial charge in [-0.15, -0.1) is 11.3 Å². The van der Waals surface area contributed by atoms with E-state index in [-0.39, 0.29) is 12.3 Å². The maximum Gasteiger partial charge on any atom is 0.329 e. The molecule has 1 saturated heterocycles. The Hall–Kier alpha value is -1.86. The van der Waals surface area contributed by atoms with Crippen LogP contribution in [0.3, 0.4) is 0 Å². The van der Waals surface area contributed by atoms with E-state index in [1.807, 2.05) is 35.7 Å². The first-order valence-electron chi connectivity index (χ1n) is 7.71. The number of carbonyl (C=O) groups excluding carboxylic acids is 1. The lowest BCUT2D eigenvalue weighted by molar-refractivity contribution is -0.148. The molecule has 5 nitrogen and oxygen atoms in total. The van der Waals surface area contributed by atoms with Crippen molar-refractivity contribution in [1.29, 1.82) is 0 Å². The second kappa shape index (κ2) is 7.36. The van der Waals surface area contributed by atoms with Crippen LogP contribution < -0.4 is 5.32 Å². The number of rotatable bonds is 5. The summed E-state index contributed by atoms with van der Waals surface area (Å²) in [6.45, 7) is 0. The number of carbonyl (C=O) groups is 2. The first kappa shape index (κ1) is 17.0. The molecule has 0 saturated carbocycles. The molecule has 2 heterocycles. The standard InChI is InChI=1S/C17H18N2O3S2/c20-14(19-17(16(21)22)6-8-23-9-7-17)10-13-11-24-15(18-13)12-4-2-1-3-5-12/h1-5,11H,6-10H2,(H,19,20)(H,21,22). The third-order valence-electron chi connectivity index (χ3n) is 4.05. The number of nitrogens with zero attached hydrogens (tertiary/aromatic N) is 1. The van der Waals surface area contributed by atoms with Crippen molar-refractivity contribution in [3.8, 4) is 10.6 Å². The van der Waals surface area contributed by atoms with E-state index in [1.54, 1.807) is 11.8 Å². The molecule has 0 unspecified atom stereocenters. The van der Waals surface area contributed by atoms with Crippen molar-refractivity contribution in [3.05, 3.63) is 41.4 Å². The van der Waals surface area contributed by atoms with Gasteiger partial charge in [-0.1, -0.05) is 30.3 Å². The predicted octanol–water partition coefficient (Wildman–Crippen LogP) is 2.82. The van der Waals surface area contributed by atoms with Gasteiger partial charge in [-0.2, -0.15) is 11.8 Å². The Balaban J connectivity index is 1.67. The molecule has 2 N–H and O–H groups in total. The molecule has 0 aliphatic carbocycles. The minimum atomic E-state index is -1.12. The smallest absolute Gasteiger partial charge is 0.329 e. The topological polar surface area (TPSA) is 79.3 Å². The Morgan fingerprint density at radius 1 is 1.21 bits per heavy atom. The van der Waals surface area contributed by atoms with Crippen LogP contribution in [0.2, 0.25) is 0 Å². The predicted molar refractivity (Wildman–Crippen MR) is 96.3 cm³/mol. The number of aromatic nitrogens is 1. The second-order valence-corrected chi connectivity index (χ2v) is 7.82. The molecule has 0 bridgehead atoms. The van der Waals surface area contributed by atoms with Crippen LogP contribution in [-0.4, -0.2) is 39.0 Å². The van der Waals surface area contributed by atoms with E-state index >= 15 is 0 Å². The summed E-state index contributed by atoms with van der Waals surface area (Å²) in [7, 11) is 0. The maximum absolute atomic E-state index is 12.3. The number of thiazole rings is 1. The Morgan fingerprint density at radius 2 is 1.92 bits per heavy atom. The Kier molecular flexibility index (Phi) is 5.20. The number of carboxylic acid groups (broad SMARTS) is 1. The first-order chi connectivity index (χ1) is 11.6. The van der Waals surface area contributed by atoms with E-state index in [0.717, 1.165) is 22.1 Å². The number of carboxylic acids is 1. The highest BCUT2D eigenvalue weighted by Crippen LogP contribution is 2.28. The molecular formula is C17H18N2O3S2. The molecular weight excluding hydrogens is 344 g/mol. The number of hydrogen-bond acceptors (Lipinski definition) is 5.